The number of thioether (sulfide) groups is 1. The molecule has 0 aromatic heterocycles. The van der Waals surface area contributed by atoms with E-state index in [1.165, 1.54) is 14.0 Å². The third-order valence-corrected chi connectivity index (χ3v) is 5.38. The quantitative estimate of drug-likeness (QED) is 0.194. The summed E-state index contributed by atoms with van der Waals surface area (Å²) in [5.74, 6) is -5.93. The minimum atomic E-state index is -1.51. The Balaban J connectivity index is 3.25. The monoisotopic (exact) mass is 462 g/mol. The second-order valence-corrected chi connectivity index (χ2v) is 7.75. The first-order chi connectivity index (χ1) is 14.5. The molecule has 0 aliphatic carbocycles. The maximum Gasteiger partial charge on any atom is 0.336 e. The summed E-state index contributed by atoms with van der Waals surface area (Å²) in [5, 5.41) is 29.0. The molecule has 31 heavy (non-hydrogen) atoms. The third-order valence-electron chi connectivity index (χ3n) is 4.20. The molecule has 15 heteroatoms. The maximum absolute atomic E-state index is 12.5. The molecule has 0 radical (unpaired) electrons. The summed E-state index contributed by atoms with van der Waals surface area (Å²) in [5.41, 5.74) is 5.11. The third kappa shape index (κ3) is 8.03. The minimum Gasteiger partial charge on any atom is -0.479 e. The first-order valence-corrected chi connectivity index (χ1v) is 10.2. The van der Waals surface area contributed by atoms with Gasteiger partial charge >= 0.3 is 5.97 Å². The SMILES string of the molecule is CNC1CSC(C(=O)O)NC(=O)[C@H](CC(N)=O)NC(=O)C(C)NC(=O)C(CO)NC1=O. The van der Waals surface area contributed by atoms with Crippen LogP contribution in [0.3, 0.4) is 0 Å². The van der Waals surface area contributed by atoms with Gasteiger partial charge in [-0.2, -0.15) is 0 Å². The summed E-state index contributed by atoms with van der Waals surface area (Å²) in [4.78, 5) is 72.5. The fourth-order valence-electron chi connectivity index (χ4n) is 2.44. The average Bonchev–Trinajstić information content (AvgIpc) is 2.69. The predicted molar refractivity (Wildman–Crippen MR) is 107 cm³/mol. The minimum absolute atomic E-state index is 0.136. The van der Waals surface area contributed by atoms with Crippen molar-refractivity contribution in [3.8, 4) is 0 Å². The number of aliphatic carboxylic acids is 1. The Bertz CT molecular complexity index is 735. The van der Waals surface area contributed by atoms with Gasteiger partial charge in [-0.3, -0.25) is 24.0 Å². The van der Waals surface area contributed by atoms with Gasteiger partial charge in [0, 0.05) is 5.75 Å². The van der Waals surface area contributed by atoms with Gasteiger partial charge in [-0.05, 0) is 14.0 Å². The van der Waals surface area contributed by atoms with Crippen molar-refractivity contribution in [3.63, 3.8) is 0 Å². The number of amides is 5. The molecule has 1 heterocycles. The van der Waals surface area contributed by atoms with Gasteiger partial charge < -0.3 is 42.5 Å². The summed E-state index contributed by atoms with van der Waals surface area (Å²) in [6.45, 7) is 0.505. The Hall–Kier alpha value is -2.91. The predicted octanol–water partition coefficient (Wildman–Crippen LogP) is -4.81. The number of aliphatic hydroxyl groups is 1. The molecule has 4 unspecified atom stereocenters. The van der Waals surface area contributed by atoms with E-state index in [1.807, 2.05) is 0 Å². The van der Waals surface area contributed by atoms with Crippen molar-refractivity contribution in [1.29, 1.82) is 0 Å². The lowest BCUT2D eigenvalue weighted by Crippen LogP contribution is -2.58. The topological polar surface area (TPSA) is 229 Å². The maximum atomic E-state index is 12.5. The molecule has 14 nitrogen and oxygen atoms in total. The van der Waals surface area contributed by atoms with Crippen molar-refractivity contribution < 1.29 is 39.0 Å². The second-order valence-electron chi connectivity index (χ2n) is 6.61. The van der Waals surface area contributed by atoms with Crippen molar-refractivity contribution >= 4 is 47.3 Å². The summed E-state index contributed by atoms with van der Waals surface area (Å²) in [6.07, 6.45) is -0.617. The molecule has 1 aliphatic rings. The second kappa shape index (κ2) is 12.1. The number of primary amides is 1. The highest BCUT2D eigenvalue weighted by molar-refractivity contribution is 8.00. The first-order valence-electron chi connectivity index (χ1n) is 9.12. The van der Waals surface area contributed by atoms with Crippen LogP contribution < -0.4 is 32.3 Å². The van der Waals surface area contributed by atoms with Crippen LogP contribution in [0.25, 0.3) is 0 Å². The fraction of sp³-hybridized carbons (Fsp3) is 0.625. The standard InChI is InChI=1S/C16H26N6O8S/c1-6-11(25)20-7(3-10(17)24)12(26)22-15(16(29)30)31-5-9(18-2)14(28)21-8(4-23)13(27)19-6/h6-9,15,18,23H,3-5H2,1-2H3,(H2,17,24)(H,19,27)(H,20,25)(H,21,28)(H,22,26)(H,29,30)/t6?,7-,8?,9?,15?/m0/s1. The average molecular weight is 462 g/mol. The van der Waals surface area contributed by atoms with Gasteiger partial charge in [-0.25, -0.2) is 4.79 Å². The van der Waals surface area contributed by atoms with Crippen LogP contribution in [0.15, 0.2) is 0 Å². The molecule has 1 rings (SSSR count). The Morgan fingerprint density at radius 3 is 2.13 bits per heavy atom. The normalized spacial score (nSPS) is 28.8. The molecule has 9 N–H and O–H groups in total. The number of hydrogen-bond acceptors (Lipinski definition) is 9. The molecule has 5 atom stereocenters. The molecule has 0 aromatic rings. The fourth-order valence-corrected chi connectivity index (χ4v) is 3.49. The van der Waals surface area contributed by atoms with Gasteiger partial charge in [0.1, 0.15) is 18.1 Å². The van der Waals surface area contributed by atoms with E-state index >= 15 is 0 Å². The van der Waals surface area contributed by atoms with Crippen LogP contribution in [0.5, 0.6) is 0 Å². The highest BCUT2D eigenvalue weighted by Gasteiger charge is 2.33. The van der Waals surface area contributed by atoms with Crippen LogP contribution in [-0.4, -0.2) is 94.7 Å². The van der Waals surface area contributed by atoms with Crippen molar-refractivity contribution in [2.75, 3.05) is 19.4 Å². The molecule has 1 saturated heterocycles. The van der Waals surface area contributed by atoms with E-state index in [0.29, 0.717) is 11.8 Å². The molecule has 1 aliphatic heterocycles. The Kier molecular flexibility index (Phi) is 10.2. The van der Waals surface area contributed by atoms with E-state index in [9.17, 15) is 39.0 Å². The van der Waals surface area contributed by atoms with Crippen LogP contribution in [0.4, 0.5) is 0 Å². The first kappa shape index (κ1) is 26.1. The lowest BCUT2D eigenvalue weighted by atomic mass is 10.1. The lowest BCUT2D eigenvalue weighted by molar-refractivity contribution is -0.140. The zero-order valence-corrected chi connectivity index (χ0v) is 17.7. The Morgan fingerprint density at radius 1 is 1.03 bits per heavy atom. The number of carbonyl (C=O) groups excluding carboxylic acids is 5. The van der Waals surface area contributed by atoms with Crippen LogP contribution in [-0.2, 0) is 28.8 Å². The van der Waals surface area contributed by atoms with Gasteiger partial charge in [0.2, 0.25) is 29.5 Å². The molecule has 174 valence electrons. The highest BCUT2D eigenvalue weighted by Crippen LogP contribution is 2.12. The van der Waals surface area contributed by atoms with E-state index in [0.717, 1.165) is 0 Å². The largest absolute Gasteiger partial charge is 0.479 e. The number of carboxylic acids is 1. The number of rotatable bonds is 5. The number of carbonyl (C=O) groups is 6. The molecule has 5 amide bonds. The van der Waals surface area contributed by atoms with E-state index in [2.05, 4.69) is 26.6 Å². The summed E-state index contributed by atoms with van der Waals surface area (Å²) < 4.78 is 0. The van der Waals surface area contributed by atoms with E-state index in [4.69, 9.17) is 5.73 Å². The van der Waals surface area contributed by atoms with Crippen molar-refractivity contribution in [2.45, 2.75) is 42.9 Å². The van der Waals surface area contributed by atoms with Crippen molar-refractivity contribution in [3.05, 3.63) is 0 Å². The van der Waals surface area contributed by atoms with Crippen molar-refractivity contribution in [1.82, 2.24) is 26.6 Å². The molecule has 0 bridgehead atoms. The molecule has 1 fully saturated rings. The smallest absolute Gasteiger partial charge is 0.336 e. The zero-order valence-electron chi connectivity index (χ0n) is 16.8. The number of aliphatic hydroxyl groups excluding tert-OH is 1. The molecule has 0 saturated carbocycles. The number of nitrogens with one attached hydrogen (secondary N) is 5. The number of hydrogen-bond donors (Lipinski definition) is 8. The van der Waals surface area contributed by atoms with E-state index in [-0.39, 0.29) is 5.75 Å². The van der Waals surface area contributed by atoms with Crippen molar-refractivity contribution in [2.24, 2.45) is 5.73 Å². The molecule has 0 aromatic carbocycles. The molecule has 0 spiro atoms. The number of nitrogens with two attached hydrogens (primary N) is 1. The number of likely N-dealkylation sites (N-methyl/N-ethyl adjacent to an activating group) is 1. The van der Waals surface area contributed by atoms with Crippen LogP contribution in [0.1, 0.15) is 13.3 Å². The summed E-state index contributed by atoms with van der Waals surface area (Å²) in [6, 6.07) is -5.08. The van der Waals surface area contributed by atoms with Gasteiger partial charge in [-0.15, -0.1) is 11.8 Å². The van der Waals surface area contributed by atoms with Crippen LogP contribution in [0.2, 0.25) is 0 Å². The van der Waals surface area contributed by atoms with Gasteiger partial charge in [0.05, 0.1) is 19.1 Å². The molecular formula is C16H26N6O8S. The molecular weight excluding hydrogens is 436 g/mol. The van der Waals surface area contributed by atoms with E-state index in [1.54, 1.807) is 0 Å². The van der Waals surface area contributed by atoms with Gasteiger partial charge in [-0.1, -0.05) is 0 Å². The summed E-state index contributed by atoms with van der Waals surface area (Å²) >= 11 is 0.687. The van der Waals surface area contributed by atoms with Crippen LogP contribution in [0, 0.1) is 0 Å². The summed E-state index contributed by atoms with van der Waals surface area (Å²) in [7, 11) is 1.43. The Labute approximate surface area is 181 Å². The van der Waals surface area contributed by atoms with E-state index < -0.39 is 78.1 Å². The highest BCUT2D eigenvalue weighted by atomic mass is 32.2. The zero-order chi connectivity index (χ0) is 23.7. The van der Waals surface area contributed by atoms with Crippen LogP contribution >= 0.6 is 11.8 Å². The van der Waals surface area contributed by atoms with Gasteiger partial charge in [0.15, 0.2) is 5.37 Å². The van der Waals surface area contributed by atoms with Gasteiger partial charge in [0.25, 0.3) is 0 Å². The Morgan fingerprint density at radius 2 is 1.61 bits per heavy atom. The lowest BCUT2D eigenvalue weighted by Gasteiger charge is -2.22. The number of carboxylic acid groups (broad SMARTS) is 1.